The van der Waals surface area contributed by atoms with Crippen molar-refractivity contribution in [3.05, 3.63) is 94.8 Å². The van der Waals surface area contributed by atoms with Crippen molar-refractivity contribution in [3.63, 3.8) is 0 Å². The lowest BCUT2D eigenvalue weighted by Crippen LogP contribution is -2.20. The van der Waals surface area contributed by atoms with E-state index in [4.69, 9.17) is 4.74 Å². The van der Waals surface area contributed by atoms with E-state index in [-0.39, 0.29) is 5.56 Å². The van der Waals surface area contributed by atoms with Gasteiger partial charge in [-0.15, -0.1) is 0 Å². The minimum absolute atomic E-state index is 0.112. The number of pyridine rings is 1. The van der Waals surface area contributed by atoms with Crippen LogP contribution in [0.3, 0.4) is 0 Å². The number of hydrogen-bond donors (Lipinski definition) is 0. The Morgan fingerprint density at radius 1 is 0.821 bits per heavy atom. The number of nitrogens with zero attached hydrogens (tertiary/aromatic N) is 1. The Balaban J connectivity index is 2.13. The lowest BCUT2D eigenvalue weighted by atomic mass is 9.91. The topological polar surface area (TPSA) is 48.3 Å². The highest BCUT2D eigenvalue weighted by molar-refractivity contribution is 6.03. The first-order valence-electron chi connectivity index (χ1n) is 8.97. The quantitative estimate of drug-likeness (QED) is 0.494. The van der Waals surface area contributed by atoms with E-state index < -0.39 is 5.97 Å². The fourth-order valence-electron chi connectivity index (χ4n) is 3.59. The van der Waals surface area contributed by atoms with Crippen LogP contribution in [0.15, 0.2) is 83.7 Å². The van der Waals surface area contributed by atoms with Crippen LogP contribution >= 0.6 is 0 Å². The van der Waals surface area contributed by atoms with Crippen molar-refractivity contribution in [2.24, 2.45) is 7.05 Å². The van der Waals surface area contributed by atoms with Crippen molar-refractivity contribution in [1.29, 1.82) is 0 Å². The molecule has 1 heterocycles. The third-order valence-corrected chi connectivity index (χ3v) is 4.94. The smallest absolute Gasteiger partial charge is 0.337 e. The fraction of sp³-hybridized carbons (Fsp3) is 0.0833. The number of ether oxygens (including phenoxy) is 1. The van der Waals surface area contributed by atoms with Crippen LogP contribution in [-0.4, -0.2) is 17.6 Å². The standard InChI is InChI=1S/C24H19NO3/c1-25-20-14-7-6-13-19(20)21(16-9-4-3-5-10-16)22(23(25)26)17-11-8-12-18(15-17)24(27)28-2/h3-15H,1-2H3. The molecule has 138 valence electrons. The largest absolute Gasteiger partial charge is 0.465 e. The molecule has 0 atom stereocenters. The van der Waals surface area contributed by atoms with Gasteiger partial charge >= 0.3 is 5.97 Å². The second-order valence-corrected chi connectivity index (χ2v) is 6.57. The maximum Gasteiger partial charge on any atom is 0.337 e. The molecule has 0 N–H and O–H groups in total. The predicted molar refractivity (Wildman–Crippen MR) is 111 cm³/mol. The summed E-state index contributed by atoms with van der Waals surface area (Å²) in [5.41, 5.74) is 4.23. The van der Waals surface area contributed by atoms with E-state index in [1.165, 1.54) is 7.11 Å². The van der Waals surface area contributed by atoms with Crippen LogP contribution < -0.4 is 5.56 Å². The molecule has 28 heavy (non-hydrogen) atoms. The molecular formula is C24H19NO3. The van der Waals surface area contributed by atoms with E-state index >= 15 is 0 Å². The summed E-state index contributed by atoms with van der Waals surface area (Å²) in [4.78, 5) is 25.4. The van der Waals surface area contributed by atoms with Crippen LogP contribution in [0.1, 0.15) is 10.4 Å². The second kappa shape index (κ2) is 7.16. The summed E-state index contributed by atoms with van der Waals surface area (Å²) in [6.45, 7) is 0. The normalized spacial score (nSPS) is 10.8. The maximum absolute atomic E-state index is 13.4. The first-order chi connectivity index (χ1) is 13.6. The number of hydrogen-bond acceptors (Lipinski definition) is 3. The van der Waals surface area contributed by atoms with E-state index in [0.29, 0.717) is 16.7 Å². The molecule has 0 radical (unpaired) electrons. The summed E-state index contributed by atoms with van der Waals surface area (Å²) in [5, 5.41) is 0.981. The number of methoxy groups -OCH3 is 1. The number of benzene rings is 3. The number of para-hydroxylation sites is 1. The van der Waals surface area contributed by atoms with Crippen molar-refractivity contribution < 1.29 is 9.53 Å². The number of fused-ring (bicyclic) bond motifs is 1. The van der Waals surface area contributed by atoms with Crippen molar-refractivity contribution in [2.45, 2.75) is 0 Å². The molecule has 1 aromatic heterocycles. The fourth-order valence-corrected chi connectivity index (χ4v) is 3.59. The highest BCUT2D eigenvalue weighted by Gasteiger charge is 2.19. The minimum atomic E-state index is -0.430. The van der Waals surface area contributed by atoms with Crippen LogP contribution in [0.25, 0.3) is 33.2 Å². The Kier molecular flexibility index (Phi) is 4.53. The molecular weight excluding hydrogens is 350 g/mol. The number of esters is 1. The Hall–Kier alpha value is -3.66. The van der Waals surface area contributed by atoms with Gasteiger partial charge in [-0.2, -0.15) is 0 Å². The van der Waals surface area contributed by atoms with Crippen LogP contribution in [-0.2, 0) is 11.8 Å². The van der Waals surface area contributed by atoms with Crippen molar-refractivity contribution >= 4 is 16.9 Å². The summed E-state index contributed by atoms with van der Waals surface area (Å²) in [7, 11) is 3.12. The molecule has 0 amide bonds. The highest BCUT2D eigenvalue weighted by atomic mass is 16.5. The average molecular weight is 369 g/mol. The van der Waals surface area contributed by atoms with E-state index in [2.05, 4.69) is 0 Å². The monoisotopic (exact) mass is 369 g/mol. The van der Waals surface area contributed by atoms with Gasteiger partial charge in [-0.3, -0.25) is 4.79 Å². The molecule has 0 spiro atoms. The van der Waals surface area contributed by atoms with Gasteiger partial charge in [0.25, 0.3) is 5.56 Å². The predicted octanol–water partition coefficient (Wildman–Crippen LogP) is 4.66. The van der Waals surface area contributed by atoms with Gasteiger partial charge in [-0.1, -0.05) is 60.7 Å². The van der Waals surface area contributed by atoms with Gasteiger partial charge in [-0.05, 0) is 29.3 Å². The lowest BCUT2D eigenvalue weighted by Gasteiger charge is -2.16. The zero-order valence-corrected chi connectivity index (χ0v) is 15.7. The third kappa shape index (κ3) is 2.89. The van der Waals surface area contributed by atoms with Gasteiger partial charge in [0, 0.05) is 18.0 Å². The van der Waals surface area contributed by atoms with Gasteiger partial charge in [0.1, 0.15) is 0 Å². The van der Waals surface area contributed by atoms with E-state index in [1.54, 1.807) is 29.8 Å². The first-order valence-corrected chi connectivity index (χ1v) is 8.97. The first kappa shape index (κ1) is 17.7. The zero-order chi connectivity index (χ0) is 19.7. The number of aromatic nitrogens is 1. The minimum Gasteiger partial charge on any atom is -0.465 e. The van der Waals surface area contributed by atoms with Gasteiger partial charge < -0.3 is 9.30 Å². The molecule has 4 heteroatoms. The molecule has 0 bridgehead atoms. The molecule has 0 aliphatic rings. The Morgan fingerprint density at radius 2 is 1.50 bits per heavy atom. The highest BCUT2D eigenvalue weighted by Crippen LogP contribution is 2.35. The maximum atomic E-state index is 13.4. The molecule has 0 fully saturated rings. The van der Waals surface area contributed by atoms with Gasteiger partial charge in [-0.25, -0.2) is 4.79 Å². The van der Waals surface area contributed by atoms with Crippen molar-refractivity contribution in [3.8, 4) is 22.3 Å². The lowest BCUT2D eigenvalue weighted by molar-refractivity contribution is 0.0601. The number of rotatable bonds is 3. The van der Waals surface area contributed by atoms with Gasteiger partial charge in [0.05, 0.1) is 23.8 Å². The van der Waals surface area contributed by atoms with Gasteiger partial charge in [0.2, 0.25) is 0 Å². The van der Waals surface area contributed by atoms with Crippen LogP contribution in [0.2, 0.25) is 0 Å². The average Bonchev–Trinajstić information content (AvgIpc) is 2.76. The van der Waals surface area contributed by atoms with Crippen molar-refractivity contribution in [2.75, 3.05) is 7.11 Å². The summed E-state index contributed by atoms with van der Waals surface area (Å²) < 4.78 is 6.50. The third-order valence-electron chi connectivity index (χ3n) is 4.94. The summed E-state index contributed by atoms with van der Waals surface area (Å²) in [5.74, 6) is -0.430. The molecule has 0 aliphatic heterocycles. The zero-order valence-electron chi connectivity index (χ0n) is 15.7. The summed E-state index contributed by atoms with van der Waals surface area (Å²) in [6, 6.07) is 24.7. The molecule has 0 unspecified atom stereocenters. The number of carbonyl (C=O) groups is 1. The van der Waals surface area contributed by atoms with E-state index in [9.17, 15) is 9.59 Å². The Morgan fingerprint density at radius 3 is 2.25 bits per heavy atom. The van der Waals surface area contributed by atoms with Gasteiger partial charge in [0.15, 0.2) is 0 Å². The summed E-state index contributed by atoms with van der Waals surface area (Å²) >= 11 is 0. The Bertz CT molecular complexity index is 1240. The van der Waals surface area contributed by atoms with E-state index in [1.807, 2.05) is 60.7 Å². The molecule has 4 nitrogen and oxygen atoms in total. The molecule has 4 aromatic rings. The van der Waals surface area contributed by atoms with Crippen LogP contribution in [0.5, 0.6) is 0 Å². The number of aryl methyl sites for hydroxylation is 1. The molecule has 0 aliphatic carbocycles. The molecule has 0 saturated carbocycles. The molecule has 3 aromatic carbocycles. The SMILES string of the molecule is COC(=O)c1cccc(-c2c(-c3ccccc3)c3ccccc3n(C)c2=O)c1. The van der Waals surface area contributed by atoms with Crippen LogP contribution in [0, 0.1) is 0 Å². The second-order valence-electron chi connectivity index (χ2n) is 6.57. The summed E-state index contributed by atoms with van der Waals surface area (Å²) in [6.07, 6.45) is 0. The van der Waals surface area contributed by atoms with Crippen LogP contribution in [0.4, 0.5) is 0 Å². The number of carbonyl (C=O) groups excluding carboxylic acids is 1. The molecule has 4 rings (SSSR count). The molecule has 0 saturated heterocycles. The Labute approximate surface area is 162 Å². The van der Waals surface area contributed by atoms with Crippen molar-refractivity contribution in [1.82, 2.24) is 4.57 Å². The van der Waals surface area contributed by atoms with E-state index in [0.717, 1.165) is 22.0 Å².